The van der Waals surface area contributed by atoms with Crippen molar-refractivity contribution in [1.29, 1.82) is 0 Å². The van der Waals surface area contributed by atoms with E-state index in [0.717, 1.165) is 44.3 Å². The highest BCUT2D eigenvalue weighted by Crippen LogP contribution is 2.19. The standard InChI is InChI=1S/C25H39N3O/c1-3-5-6-7-8-9-10-16-21-28-23-18-14-13-17-22(23)27-24(28)19-12-11-15-20-26-25(29)4-2/h4,13-14,17-18H,2-3,5-12,15-16,19-21H2,1H3,(H,26,29). The summed E-state index contributed by atoms with van der Waals surface area (Å²) in [6, 6.07) is 8.50. The molecule has 4 nitrogen and oxygen atoms in total. The molecule has 0 unspecified atom stereocenters. The van der Waals surface area contributed by atoms with Gasteiger partial charge in [0.25, 0.3) is 0 Å². The molecule has 0 spiro atoms. The van der Waals surface area contributed by atoms with E-state index in [9.17, 15) is 4.79 Å². The number of carbonyl (C=O) groups is 1. The van der Waals surface area contributed by atoms with E-state index in [1.165, 1.54) is 68.8 Å². The van der Waals surface area contributed by atoms with Gasteiger partial charge < -0.3 is 9.88 Å². The average molecular weight is 398 g/mol. The van der Waals surface area contributed by atoms with Crippen molar-refractivity contribution in [1.82, 2.24) is 14.9 Å². The Hall–Kier alpha value is -2.10. The van der Waals surface area contributed by atoms with Crippen molar-refractivity contribution < 1.29 is 4.79 Å². The highest BCUT2D eigenvalue weighted by Gasteiger charge is 2.10. The normalized spacial score (nSPS) is 11.1. The predicted molar refractivity (Wildman–Crippen MR) is 123 cm³/mol. The van der Waals surface area contributed by atoms with Gasteiger partial charge in [-0.1, -0.05) is 77.0 Å². The molecule has 29 heavy (non-hydrogen) atoms. The second kappa shape index (κ2) is 14.0. The van der Waals surface area contributed by atoms with Crippen LogP contribution in [0.1, 0.15) is 83.4 Å². The van der Waals surface area contributed by atoms with Crippen LogP contribution in [0.25, 0.3) is 11.0 Å². The molecule has 0 atom stereocenters. The number of amides is 1. The van der Waals surface area contributed by atoms with Crippen molar-refractivity contribution in [3.05, 3.63) is 42.7 Å². The second-order valence-electron chi connectivity index (χ2n) is 7.95. The largest absolute Gasteiger partial charge is 0.353 e. The van der Waals surface area contributed by atoms with E-state index in [0.29, 0.717) is 0 Å². The molecular weight excluding hydrogens is 358 g/mol. The molecule has 0 radical (unpaired) electrons. The highest BCUT2D eigenvalue weighted by atomic mass is 16.1. The van der Waals surface area contributed by atoms with Crippen molar-refractivity contribution in [2.75, 3.05) is 6.54 Å². The van der Waals surface area contributed by atoms with Crippen LogP contribution in [0.15, 0.2) is 36.9 Å². The van der Waals surface area contributed by atoms with E-state index < -0.39 is 0 Å². The van der Waals surface area contributed by atoms with Gasteiger partial charge in [-0.25, -0.2) is 4.98 Å². The molecular formula is C25H39N3O. The van der Waals surface area contributed by atoms with Crippen LogP contribution in [0.2, 0.25) is 0 Å². The maximum atomic E-state index is 11.2. The number of carbonyl (C=O) groups excluding carboxylic acids is 1. The van der Waals surface area contributed by atoms with E-state index >= 15 is 0 Å². The quantitative estimate of drug-likeness (QED) is 0.271. The molecule has 0 aliphatic carbocycles. The number of rotatable bonds is 16. The lowest BCUT2D eigenvalue weighted by Gasteiger charge is -2.10. The monoisotopic (exact) mass is 397 g/mol. The van der Waals surface area contributed by atoms with Crippen LogP contribution < -0.4 is 5.32 Å². The molecule has 4 heteroatoms. The minimum atomic E-state index is -0.0860. The Morgan fingerprint density at radius 1 is 1.00 bits per heavy atom. The molecule has 0 saturated carbocycles. The maximum Gasteiger partial charge on any atom is 0.243 e. The third-order valence-corrected chi connectivity index (χ3v) is 5.53. The Morgan fingerprint density at radius 2 is 1.69 bits per heavy atom. The molecule has 2 rings (SSSR count). The number of para-hydroxylation sites is 2. The Kier molecular flexibility index (Phi) is 11.2. The zero-order valence-electron chi connectivity index (χ0n) is 18.3. The van der Waals surface area contributed by atoms with E-state index in [2.05, 4.69) is 47.7 Å². The van der Waals surface area contributed by atoms with Crippen molar-refractivity contribution in [2.24, 2.45) is 0 Å². The molecule has 1 aromatic heterocycles. The molecule has 1 aromatic carbocycles. The van der Waals surface area contributed by atoms with Gasteiger partial charge in [0.2, 0.25) is 5.91 Å². The van der Waals surface area contributed by atoms with Gasteiger partial charge in [-0.3, -0.25) is 4.79 Å². The summed E-state index contributed by atoms with van der Waals surface area (Å²) >= 11 is 0. The fourth-order valence-corrected chi connectivity index (χ4v) is 3.84. The zero-order valence-corrected chi connectivity index (χ0v) is 18.3. The van der Waals surface area contributed by atoms with Crippen molar-refractivity contribution >= 4 is 16.9 Å². The van der Waals surface area contributed by atoms with Gasteiger partial charge in [0.05, 0.1) is 11.0 Å². The predicted octanol–water partition coefficient (Wildman–Crippen LogP) is 6.19. The fraction of sp³-hybridized carbons (Fsp3) is 0.600. The summed E-state index contributed by atoms with van der Waals surface area (Å²) in [5.74, 6) is 1.13. The number of hydrogen-bond acceptors (Lipinski definition) is 2. The number of aryl methyl sites for hydroxylation is 2. The third-order valence-electron chi connectivity index (χ3n) is 5.53. The molecule has 2 aromatic rings. The lowest BCUT2D eigenvalue weighted by atomic mass is 10.1. The summed E-state index contributed by atoms with van der Waals surface area (Å²) in [6.45, 7) is 7.54. The summed E-state index contributed by atoms with van der Waals surface area (Å²) in [5, 5.41) is 2.84. The van der Waals surface area contributed by atoms with Crippen LogP contribution in [-0.2, 0) is 17.8 Å². The molecule has 0 bridgehead atoms. The van der Waals surface area contributed by atoms with E-state index in [-0.39, 0.29) is 5.91 Å². The molecule has 160 valence electrons. The topological polar surface area (TPSA) is 46.9 Å². The van der Waals surface area contributed by atoms with Crippen LogP contribution in [0.4, 0.5) is 0 Å². The van der Waals surface area contributed by atoms with Gasteiger partial charge in [-0.15, -0.1) is 0 Å². The summed E-state index contributed by atoms with van der Waals surface area (Å²) in [6.07, 6.45) is 16.3. The SMILES string of the molecule is C=CC(=O)NCCCCCc1nc2ccccc2n1CCCCCCCCCC. The summed E-state index contributed by atoms with van der Waals surface area (Å²) < 4.78 is 2.44. The zero-order chi connectivity index (χ0) is 20.7. The number of aromatic nitrogens is 2. The lowest BCUT2D eigenvalue weighted by Crippen LogP contribution is -2.21. The van der Waals surface area contributed by atoms with Crippen LogP contribution in [0, 0.1) is 0 Å². The van der Waals surface area contributed by atoms with Gasteiger partial charge in [-0.2, -0.15) is 0 Å². The van der Waals surface area contributed by atoms with E-state index in [1.807, 2.05) is 0 Å². The first kappa shape index (κ1) is 23.2. The number of unbranched alkanes of at least 4 members (excludes halogenated alkanes) is 9. The molecule has 0 aliphatic rings. The maximum absolute atomic E-state index is 11.2. The summed E-state index contributed by atoms with van der Waals surface area (Å²) in [4.78, 5) is 16.1. The summed E-state index contributed by atoms with van der Waals surface area (Å²) in [5.41, 5.74) is 2.38. The van der Waals surface area contributed by atoms with Gasteiger partial charge in [-0.05, 0) is 37.5 Å². The second-order valence-corrected chi connectivity index (χ2v) is 7.95. The number of nitrogens with one attached hydrogen (secondary N) is 1. The Morgan fingerprint density at radius 3 is 2.45 bits per heavy atom. The average Bonchev–Trinajstić information content (AvgIpc) is 3.09. The van der Waals surface area contributed by atoms with Crippen molar-refractivity contribution in [3.63, 3.8) is 0 Å². The van der Waals surface area contributed by atoms with Gasteiger partial charge in [0, 0.05) is 19.5 Å². The minimum absolute atomic E-state index is 0.0860. The van der Waals surface area contributed by atoms with Gasteiger partial charge >= 0.3 is 0 Å². The number of hydrogen-bond donors (Lipinski definition) is 1. The van der Waals surface area contributed by atoms with Crippen LogP contribution in [-0.4, -0.2) is 22.0 Å². The first-order valence-electron chi connectivity index (χ1n) is 11.6. The molecule has 0 fully saturated rings. The molecule has 1 heterocycles. The van der Waals surface area contributed by atoms with Crippen LogP contribution >= 0.6 is 0 Å². The number of benzene rings is 1. The van der Waals surface area contributed by atoms with Crippen LogP contribution in [0.3, 0.4) is 0 Å². The molecule has 1 N–H and O–H groups in total. The first-order valence-corrected chi connectivity index (χ1v) is 11.6. The molecule has 1 amide bonds. The lowest BCUT2D eigenvalue weighted by molar-refractivity contribution is -0.116. The smallest absolute Gasteiger partial charge is 0.243 e. The van der Waals surface area contributed by atoms with Gasteiger partial charge in [0.1, 0.15) is 5.82 Å². The Bertz CT molecular complexity index is 735. The number of nitrogens with zero attached hydrogens (tertiary/aromatic N) is 2. The van der Waals surface area contributed by atoms with Crippen LogP contribution in [0.5, 0.6) is 0 Å². The number of fused-ring (bicyclic) bond motifs is 1. The minimum Gasteiger partial charge on any atom is -0.353 e. The van der Waals surface area contributed by atoms with Crippen molar-refractivity contribution in [2.45, 2.75) is 90.5 Å². The Labute approximate surface area is 176 Å². The highest BCUT2D eigenvalue weighted by molar-refractivity contribution is 5.86. The summed E-state index contributed by atoms with van der Waals surface area (Å²) in [7, 11) is 0. The number of imidazole rings is 1. The van der Waals surface area contributed by atoms with E-state index in [4.69, 9.17) is 4.98 Å². The third kappa shape index (κ3) is 8.43. The fourth-order valence-electron chi connectivity index (χ4n) is 3.84. The van der Waals surface area contributed by atoms with Crippen molar-refractivity contribution in [3.8, 4) is 0 Å². The van der Waals surface area contributed by atoms with Gasteiger partial charge in [0.15, 0.2) is 0 Å². The molecule has 0 aliphatic heterocycles. The van der Waals surface area contributed by atoms with E-state index in [1.54, 1.807) is 0 Å². The molecule has 0 saturated heterocycles. The Balaban J connectivity index is 1.77. The first-order chi connectivity index (χ1) is 14.3.